The highest BCUT2D eigenvalue weighted by atomic mass is 127. The first-order valence-corrected chi connectivity index (χ1v) is 7.28. The van der Waals surface area contributed by atoms with Gasteiger partial charge in [0, 0.05) is 33.9 Å². The predicted octanol–water partition coefficient (Wildman–Crippen LogP) is 2.37. The second kappa shape index (κ2) is 12.5. The van der Waals surface area contributed by atoms with Crippen LogP contribution in [0.25, 0.3) is 0 Å². The molecule has 126 valence electrons. The minimum atomic E-state index is 0. The van der Waals surface area contributed by atoms with Crippen LogP contribution in [-0.2, 0) is 11.2 Å². The van der Waals surface area contributed by atoms with Crippen LogP contribution >= 0.6 is 24.0 Å². The van der Waals surface area contributed by atoms with Gasteiger partial charge >= 0.3 is 0 Å². The molecule has 0 atom stereocenters. The molecular weight excluding hydrogens is 393 g/mol. The van der Waals surface area contributed by atoms with Gasteiger partial charge in [0.05, 0.1) is 7.11 Å². The number of methoxy groups -OCH3 is 2. The number of ether oxygens (including phenoxy) is 2. The first kappa shape index (κ1) is 21.0. The van der Waals surface area contributed by atoms with E-state index in [1.54, 1.807) is 21.3 Å². The van der Waals surface area contributed by atoms with Gasteiger partial charge in [0.15, 0.2) is 5.96 Å². The SMILES string of the molecule is CN=C(NCCCOC)NCCc1ccc(C)c(OC)c1.I. The lowest BCUT2D eigenvalue weighted by atomic mass is 10.1. The van der Waals surface area contributed by atoms with Gasteiger partial charge in [0.1, 0.15) is 5.75 Å². The summed E-state index contributed by atoms with van der Waals surface area (Å²) in [5, 5.41) is 6.56. The Morgan fingerprint density at radius 1 is 1.18 bits per heavy atom. The smallest absolute Gasteiger partial charge is 0.190 e. The van der Waals surface area contributed by atoms with Crippen LogP contribution in [0.4, 0.5) is 0 Å². The van der Waals surface area contributed by atoms with E-state index in [4.69, 9.17) is 9.47 Å². The number of halogens is 1. The van der Waals surface area contributed by atoms with Crippen LogP contribution in [0.5, 0.6) is 5.75 Å². The molecule has 0 saturated heterocycles. The molecule has 0 spiro atoms. The first-order valence-electron chi connectivity index (χ1n) is 7.28. The highest BCUT2D eigenvalue weighted by molar-refractivity contribution is 14.0. The zero-order valence-electron chi connectivity index (χ0n) is 13.9. The quantitative estimate of drug-likeness (QED) is 0.293. The Morgan fingerprint density at radius 2 is 1.91 bits per heavy atom. The van der Waals surface area contributed by atoms with Gasteiger partial charge in [0.2, 0.25) is 0 Å². The minimum Gasteiger partial charge on any atom is -0.496 e. The van der Waals surface area contributed by atoms with Crippen LogP contribution in [0.2, 0.25) is 0 Å². The van der Waals surface area contributed by atoms with Gasteiger partial charge < -0.3 is 20.1 Å². The topological polar surface area (TPSA) is 54.9 Å². The summed E-state index contributed by atoms with van der Waals surface area (Å²) in [7, 11) is 5.19. The fraction of sp³-hybridized carbons (Fsp3) is 0.562. The van der Waals surface area contributed by atoms with Gasteiger partial charge in [-0.05, 0) is 37.0 Å². The fourth-order valence-corrected chi connectivity index (χ4v) is 1.99. The van der Waals surface area contributed by atoms with Crippen molar-refractivity contribution in [3.63, 3.8) is 0 Å². The second-order valence-corrected chi connectivity index (χ2v) is 4.83. The predicted molar refractivity (Wildman–Crippen MR) is 103 cm³/mol. The van der Waals surface area contributed by atoms with E-state index in [-0.39, 0.29) is 24.0 Å². The van der Waals surface area contributed by atoms with Gasteiger partial charge in [-0.2, -0.15) is 0 Å². The zero-order chi connectivity index (χ0) is 15.5. The molecule has 2 N–H and O–H groups in total. The van der Waals surface area contributed by atoms with Crippen molar-refractivity contribution in [1.29, 1.82) is 0 Å². The van der Waals surface area contributed by atoms with E-state index in [2.05, 4.69) is 33.8 Å². The van der Waals surface area contributed by atoms with Gasteiger partial charge in [-0.15, -0.1) is 24.0 Å². The Morgan fingerprint density at radius 3 is 2.55 bits per heavy atom. The molecule has 22 heavy (non-hydrogen) atoms. The molecule has 0 bridgehead atoms. The van der Waals surface area contributed by atoms with E-state index < -0.39 is 0 Å². The lowest BCUT2D eigenvalue weighted by Gasteiger charge is -2.12. The van der Waals surface area contributed by atoms with Crippen molar-refractivity contribution < 1.29 is 9.47 Å². The highest BCUT2D eigenvalue weighted by Crippen LogP contribution is 2.18. The molecule has 0 heterocycles. The molecule has 0 aliphatic rings. The average molecular weight is 421 g/mol. The van der Waals surface area contributed by atoms with Crippen LogP contribution in [0.15, 0.2) is 23.2 Å². The lowest BCUT2D eigenvalue weighted by molar-refractivity contribution is 0.195. The van der Waals surface area contributed by atoms with Crippen molar-refractivity contribution in [2.45, 2.75) is 19.8 Å². The van der Waals surface area contributed by atoms with E-state index in [1.807, 2.05) is 6.92 Å². The molecule has 5 nitrogen and oxygen atoms in total. The van der Waals surface area contributed by atoms with Crippen molar-refractivity contribution in [2.75, 3.05) is 41.0 Å². The second-order valence-electron chi connectivity index (χ2n) is 4.83. The minimum absolute atomic E-state index is 0. The lowest BCUT2D eigenvalue weighted by Crippen LogP contribution is -2.39. The van der Waals surface area contributed by atoms with E-state index in [9.17, 15) is 0 Å². The molecule has 0 aliphatic heterocycles. The molecule has 0 aromatic heterocycles. The number of guanidine groups is 1. The third-order valence-corrected chi connectivity index (χ3v) is 3.22. The molecule has 0 aliphatic carbocycles. The molecule has 0 saturated carbocycles. The number of benzene rings is 1. The number of hydrogen-bond acceptors (Lipinski definition) is 3. The van der Waals surface area contributed by atoms with Crippen LogP contribution in [0.3, 0.4) is 0 Å². The first-order chi connectivity index (χ1) is 10.2. The maximum atomic E-state index is 5.34. The Balaban J connectivity index is 0.00000441. The number of hydrogen-bond donors (Lipinski definition) is 2. The molecular formula is C16H28IN3O2. The number of nitrogens with zero attached hydrogens (tertiary/aromatic N) is 1. The molecule has 0 unspecified atom stereocenters. The van der Waals surface area contributed by atoms with Crippen molar-refractivity contribution in [1.82, 2.24) is 10.6 Å². The molecule has 1 aromatic carbocycles. The van der Waals surface area contributed by atoms with Crippen molar-refractivity contribution in [3.05, 3.63) is 29.3 Å². The maximum absolute atomic E-state index is 5.34. The average Bonchev–Trinajstić information content (AvgIpc) is 2.51. The zero-order valence-corrected chi connectivity index (χ0v) is 16.3. The van der Waals surface area contributed by atoms with Crippen molar-refractivity contribution >= 4 is 29.9 Å². The largest absolute Gasteiger partial charge is 0.496 e. The Hall–Kier alpha value is -1.02. The summed E-state index contributed by atoms with van der Waals surface area (Å²) in [6, 6.07) is 6.31. The van der Waals surface area contributed by atoms with Crippen LogP contribution < -0.4 is 15.4 Å². The fourth-order valence-electron chi connectivity index (χ4n) is 1.99. The van der Waals surface area contributed by atoms with Gasteiger partial charge in [-0.1, -0.05) is 12.1 Å². The summed E-state index contributed by atoms with van der Waals surface area (Å²) in [6.45, 7) is 4.49. The van der Waals surface area contributed by atoms with Gasteiger partial charge in [0.25, 0.3) is 0 Å². The summed E-state index contributed by atoms with van der Waals surface area (Å²) in [5.74, 6) is 1.76. The molecule has 0 fully saturated rings. The molecule has 0 amide bonds. The third kappa shape index (κ3) is 7.84. The Bertz CT molecular complexity index is 453. The highest BCUT2D eigenvalue weighted by Gasteiger charge is 2.01. The van der Waals surface area contributed by atoms with Gasteiger partial charge in [-0.3, -0.25) is 4.99 Å². The summed E-state index contributed by atoms with van der Waals surface area (Å²) in [4.78, 5) is 4.19. The van der Waals surface area contributed by atoms with Crippen molar-refractivity contribution in [3.8, 4) is 5.75 Å². The van der Waals surface area contributed by atoms with Crippen LogP contribution in [-0.4, -0.2) is 46.9 Å². The monoisotopic (exact) mass is 421 g/mol. The number of aryl methyl sites for hydroxylation is 1. The standard InChI is InChI=1S/C16H27N3O2.HI/c1-13-6-7-14(12-15(13)21-4)8-10-19-16(17-2)18-9-5-11-20-3;/h6-7,12H,5,8-11H2,1-4H3,(H2,17,18,19);1H. The van der Waals surface area contributed by atoms with Crippen LogP contribution in [0.1, 0.15) is 17.5 Å². The number of aliphatic imine (C=N–C) groups is 1. The maximum Gasteiger partial charge on any atom is 0.190 e. The third-order valence-electron chi connectivity index (χ3n) is 3.22. The summed E-state index contributed by atoms with van der Waals surface area (Å²) in [5.41, 5.74) is 2.41. The summed E-state index contributed by atoms with van der Waals surface area (Å²) < 4.78 is 10.4. The molecule has 1 aromatic rings. The van der Waals surface area contributed by atoms with E-state index in [0.29, 0.717) is 0 Å². The number of nitrogens with one attached hydrogen (secondary N) is 2. The van der Waals surface area contributed by atoms with E-state index >= 15 is 0 Å². The molecule has 6 heteroatoms. The molecule has 1 rings (SSSR count). The molecule has 0 radical (unpaired) electrons. The van der Waals surface area contributed by atoms with E-state index in [0.717, 1.165) is 49.8 Å². The Kier molecular flexibility index (Phi) is 11.9. The van der Waals surface area contributed by atoms with Gasteiger partial charge in [-0.25, -0.2) is 0 Å². The number of rotatable bonds is 8. The van der Waals surface area contributed by atoms with Crippen molar-refractivity contribution in [2.24, 2.45) is 4.99 Å². The normalized spacial score (nSPS) is 10.8. The Labute approximate surface area is 150 Å². The summed E-state index contributed by atoms with van der Waals surface area (Å²) >= 11 is 0. The van der Waals surface area contributed by atoms with E-state index in [1.165, 1.54) is 5.56 Å². The van der Waals surface area contributed by atoms with Crippen LogP contribution in [0, 0.1) is 6.92 Å². The summed E-state index contributed by atoms with van der Waals surface area (Å²) in [6.07, 6.45) is 1.89.